The summed E-state index contributed by atoms with van der Waals surface area (Å²) in [6.07, 6.45) is 0. The topological polar surface area (TPSA) is 18.5 Å². The number of hydrogen-bond acceptors (Lipinski definition) is 6. The summed E-state index contributed by atoms with van der Waals surface area (Å²) in [6.45, 7) is 0. The third-order valence-electron chi connectivity index (χ3n) is 2.42. The molecular formula is C16H12O2S4. The molecule has 0 radical (unpaired) electrons. The van der Waals surface area contributed by atoms with Crippen LogP contribution in [0.15, 0.2) is 68.7 Å². The Kier molecular flexibility index (Phi) is 5.66. The summed E-state index contributed by atoms with van der Waals surface area (Å²) in [7, 11) is 0. The van der Waals surface area contributed by atoms with Crippen LogP contribution >= 0.6 is 45.3 Å². The Bertz CT molecular complexity index is 595. The normalized spacial score (nSPS) is 9.82. The predicted molar refractivity (Wildman–Crippen MR) is 97.4 cm³/mol. The van der Waals surface area contributed by atoms with E-state index in [0.717, 1.165) is 21.6 Å². The van der Waals surface area contributed by atoms with Gasteiger partial charge in [-0.25, -0.2) is 0 Å². The summed E-state index contributed by atoms with van der Waals surface area (Å²) in [5.41, 5.74) is 0. The van der Waals surface area contributed by atoms with Gasteiger partial charge in [-0.3, -0.25) is 0 Å². The van der Waals surface area contributed by atoms with Crippen LogP contribution in [-0.4, -0.2) is 0 Å². The molecule has 4 aromatic heterocycles. The second-order valence-corrected chi connectivity index (χ2v) is 7.37. The first-order chi connectivity index (χ1) is 10.9. The maximum Gasteiger partial charge on any atom is 0.182 e. The van der Waals surface area contributed by atoms with Gasteiger partial charge in [-0.05, 0) is 57.9 Å². The summed E-state index contributed by atoms with van der Waals surface area (Å²) in [4.78, 5) is 0. The van der Waals surface area contributed by atoms with Crippen molar-refractivity contribution >= 4 is 45.3 Å². The summed E-state index contributed by atoms with van der Waals surface area (Å²) in [5.74, 6) is 1.85. The molecule has 0 bridgehead atoms. The number of thiophene rings is 4. The molecular weight excluding hydrogens is 352 g/mol. The van der Waals surface area contributed by atoms with E-state index in [1.807, 2.05) is 68.7 Å². The number of ether oxygens (including phenoxy) is 2. The lowest BCUT2D eigenvalue weighted by molar-refractivity contribution is 0.487. The number of hydrogen-bond donors (Lipinski definition) is 0. The molecule has 0 amide bonds. The minimum Gasteiger partial charge on any atom is -0.456 e. The molecule has 0 saturated heterocycles. The zero-order valence-corrected chi connectivity index (χ0v) is 14.6. The van der Waals surface area contributed by atoms with Crippen molar-refractivity contribution in [3.8, 4) is 21.6 Å². The smallest absolute Gasteiger partial charge is 0.182 e. The maximum atomic E-state index is 5.50. The summed E-state index contributed by atoms with van der Waals surface area (Å²) in [6, 6.07) is 11.8. The number of rotatable bonds is 4. The van der Waals surface area contributed by atoms with Crippen molar-refractivity contribution in [2.45, 2.75) is 0 Å². The first kappa shape index (κ1) is 15.3. The van der Waals surface area contributed by atoms with E-state index in [1.54, 1.807) is 45.3 Å². The van der Waals surface area contributed by atoms with Crippen LogP contribution < -0.4 is 9.47 Å². The Balaban J connectivity index is 0.000000131. The van der Waals surface area contributed by atoms with Crippen molar-refractivity contribution in [3.63, 3.8) is 0 Å². The van der Waals surface area contributed by atoms with Gasteiger partial charge in [0.05, 0.1) is 0 Å². The Labute approximate surface area is 144 Å². The zero-order valence-electron chi connectivity index (χ0n) is 11.4. The Morgan fingerprint density at radius 2 is 1.14 bits per heavy atom. The highest BCUT2D eigenvalue weighted by atomic mass is 32.1. The minimum absolute atomic E-state index is 0.924. The van der Waals surface area contributed by atoms with Crippen LogP contribution in [-0.2, 0) is 0 Å². The molecule has 4 rings (SSSR count). The van der Waals surface area contributed by atoms with Crippen molar-refractivity contribution in [2.24, 2.45) is 0 Å². The van der Waals surface area contributed by atoms with Crippen molar-refractivity contribution < 1.29 is 9.47 Å². The van der Waals surface area contributed by atoms with Crippen LogP contribution in [0, 0.1) is 0 Å². The second kappa shape index (κ2) is 8.14. The molecule has 0 saturated carbocycles. The molecule has 0 fully saturated rings. The van der Waals surface area contributed by atoms with Gasteiger partial charge in [0.2, 0.25) is 0 Å². The fourth-order valence-corrected chi connectivity index (χ4v) is 3.83. The van der Waals surface area contributed by atoms with E-state index < -0.39 is 0 Å². The summed E-state index contributed by atoms with van der Waals surface area (Å²) in [5, 5.41) is 13.9. The molecule has 0 unspecified atom stereocenters. The van der Waals surface area contributed by atoms with E-state index in [4.69, 9.17) is 9.47 Å². The monoisotopic (exact) mass is 364 g/mol. The van der Waals surface area contributed by atoms with Gasteiger partial charge in [-0.2, -0.15) is 0 Å². The Hall–Kier alpha value is -1.60. The van der Waals surface area contributed by atoms with Crippen molar-refractivity contribution in [2.75, 3.05) is 0 Å². The lowest BCUT2D eigenvalue weighted by Gasteiger charge is -1.96. The molecule has 0 atom stereocenters. The fraction of sp³-hybridized carbons (Fsp3) is 0. The SMILES string of the molecule is c1cc(Oc2ccsc2)cs1.c1csc(Oc2cccs2)c1. The van der Waals surface area contributed by atoms with E-state index >= 15 is 0 Å². The predicted octanol–water partition coefficient (Wildman–Crippen LogP) is 7.20. The molecule has 4 heterocycles. The van der Waals surface area contributed by atoms with Crippen molar-refractivity contribution in [1.29, 1.82) is 0 Å². The average Bonchev–Trinajstić information content (AvgIpc) is 3.31. The van der Waals surface area contributed by atoms with Gasteiger partial charge < -0.3 is 9.47 Å². The zero-order chi connectivity index (χ0) is 15.0. The highest BCUT2D eigenvalue weighted by molar-refractivity contribution is 7.13. The van der Waals surface area contributed by atoms with Crippen LogP contribution in [0.1, 0.15) is 0 Å². The second-order valence-electron chi connectivity index (χ2n) is 3.99. The molecule has 0 aliphatic rings. The van der Waals surface area contributed by atoms with Gasteiger partial charge in [-0.1, -0.05) is 0 Å². The first-order valence-corrected chi connectivity index (χ1v) is 10.0. The average molecular weight is 365 g/mol. The van der Waals surface area contributed by atoms with E-state index in [-0.39, 0.29) is 0 Å². The molecule has 0 aromatic carbocycles. The lowest BCUT2D eigenvalue weighted by atomic mass is 10.5. The van der Waals surface area contributed by atoms with Crippen LogP contribution in [0.4, 0.5) is 0 Å². The van der Waals surface area contributed by atoms with Gasteiger partial charge in [0, 0.05) is 10.8 Å². The molecule has 0 spiro atoms. The summed E-state index contributed by atoms with van der Waals surface area (Å²) < 4.78 is 11.0. The fourth-order valence-electron chi connectivity index (χ4n) is 1.50. The molecule has 22 heavy (non-hydrogen) atoms. The molecule has 0 N–H and O–H groups in total. The molecule has 0 aliphatic carbocycles. The standard InChI is InChI=1S/2C8H6OS2/c1-3-10-5-7(1)9-8-2-4-11-6-8;1-3-7(10-5-1)9-8-4-2-6-11-8/h2*1-6H. The van der Waals surface area contributed by atoms with Gasteiger partial charge in [0.1, 0.15) is 11.5 Å². The molecule has 6 heteroatoms. The molecule has 2 nitrogen and oxygen atoms in total. The van der Waals surface area contributed by atoms with Gasteiger partial charge in [0.15, 0.2) is 10.1 Å². The van der Waals surface area contributed by atoms with Gasteiger partial charge in [-0.15, -0.1) is 45.3 Å². The minimum atomic E-state index is 0.924. The highest BCUT2D eigenvalue weighted by Gasteiger charge is 1.96. The molecule has 4 aromatic rings. The quantitative estimate of drug-likeness (QED) is 0.381. The highest BCUT2D eigenvalue weighted by Crippen LogP contribution is 2.29. The first-order valence-electron chi connectivity index (χ1n) is 6.37. The maximum absolute atomic E-state index is 5.50. The van der Waals surface area contributed by atoms with Gasteiger partial charge >= 0.3 is 0 Å². The summed E-state index contributed by atoms with van der Waals surface area (Å²) >= 11 is 6.49. The van der Waals surface area contributed by atoms with Crippen LogP contribution in [0.3, 0.4) is 0 Å². The van der Waals surface area contributed by atoms with E-state index in [0.29, 0.717) is 0 Å². The lowest BCUT2D eigenvalue weighted by Crippen LogP contribution is -1.75. The third kappa shape index (κ3) is 4.71. The largest absolute Gasteiger partial charge is 0.456 e. The van der Waals surface area contributed by atoms with E-state index in [1.165, 1.54) is 0 Å². The van der Waals surface area contributed by atoms with Crippen LogP contribution in [0.5, 0.6) is 21.6 Å². The van der Waals surface area contributed by atoms with Gasteiger partial charge in [0.25, 0.3) is 0 Å². The molecule has 0 aliphatic heterocycles. The van der Waals surface area contributed by atoms with Crippen molar-refractivity contribution in [1.82, 2.24) is 0 Å². The van der Waals surface area contributed by atoms with E-state index in [9.17, 15) is 0 Å². The third-order valence-corrected chi connectivity index (χ3v) is 5.23. The van der Waals surface area contributed by atoms with Crippen LogP contribution in [0.25, 0.3) is 0 Å². The van der Waals surface area contributed by atoms with E-state index in [2.05, 4.69) is 0 Å². The Morgan fingerprint density at radius 3 is 1.50 bits per heavy atom. The van der Waals surface area contributed by atoms with Crippen molar-refractivity contribution in [3.05, 3.63) is 68.7 Å². The van der Waals surface area contributed by atoms with Crippen LogP contribution in [0.2, 0.25) is 0 Å². The Morgan fingerprint density at radius 1 is 0.591 bits per heavy atom. The molecule has 112 valence electrons.